The van der Waals surface area contributed by atoms with Gasteiger partial charge in [0.25, 0.3) is 5.91 Å². The molecule has 1 aromatic carbocycles. The van der Waals surface area contributed by atoms with Gasteiger partial charge in [-0.25, -0.2) is 19.3 Å². The lowest BCUT2D eigenvalue weighted by molar-refractivity contribution is -0.162. The van der Waals surface area contributed by atoms with E-state index in [0.29, 0.717) is 60.9 Å². The summed E-state index contributed by atoms with van der Waals surface area (Å²) in [6.45, 7) is 5.92. The smallest absolute Gasteiger partial charge is 0.274 e. The third-order valence-electron chi connectivity index (χ3n) is 6.43. The summed E-state index contributed by atoms with van der Waals surface area (Å²) in [7, 11) is 0. The van der Waals surface area contributed by atoms with Gasteiger partial charge in [0, 0.05) is 26.2 Å². The maximum absolute atomic E-state index is 14.0. The normalized spacial score (nSPS) is 15.2. The summed E-state index contributed by atoms with van der Waals surface area (Å²) in [6, 6.07) is 6.00. The molecule has 0 bridgehead atoms. The van der Waals surface area contributed by atoms with E-state index in [1.807, 2.05) is 6.92 Å². The minimum absolute atomic E-state index is 0.113. The van der Waals surface area contributed by atoms with Crippen LogP contribution in [0.3, 0.4) is 0 Å². The Morgan fingerprint density at radius 3 is 2.77 bits per heavy atom. The van der Waals surface area contributed by atoms with Crippen LogP contribution in [0.15, 0.2) is 35.1 Å². The average Bonchev–Trinajstić information content (AvgIpc) is 3.27. The van der Waals surface area contributed by atoms with Crippen molar-refractivity contribution in [3.05, 3.63) is 57.8 Å². The fourth-order valence-corrected chi connectivity index (χ4v) is 4.84. The third-order valence-corrected chi connectivity index (χ3v) is 6.81. The van der Waals surface area contributed by atoms with Gasteiger partial charge in [-0.1, -0.05) is 12.1 Å². The van der Waals surface area contributed by atoms with Gasteiger partial charge in [-0.05, 0) is 73.2 Å². The molecule has 1 unspecified atom stereocenters. The first-order valence-corrected chi connectivity index (χ1v) is 13.8. The van der Waals surface area contributed by atoms with E-state index in [0.717, 1.165) is 24.8 Å². The molecule has 1 saturated heterocycles. The summed E-state index contributed by atoms with van der Waals surface area (Å²) >= 11 is 3.33. The largest absolute Gasteiger partial charge is 0.353 e. The number of hydrogen-bond acceptors (Lipinski definition) is 7. The molecule has 0 radical (unpaired) electrons. The van der Waals surface area contributed by atoms with E-state index in [-0.39, 0.29) is 36.1 Å². The topological polar surface area (TPSA) is 111 Å². The van der Waals surface area contributed by atoms with Gasteiger partial charge in [0.2, 0.25) is 6.41 Å². The number of carbonyl (C=O) groups is 2. The number of anilines is 1. The highest BCUT2D eigenvalue weighted by Gasteiger charge is 2.29. The van der Waals surface area contributed by atoms with Crippen molar-refractivity contribution in [1.29, 1.82) is 0 Å². The van der Waals surface area contributed by atoms with Gasteiger partial charge in [0.1, 0.15) is 16.1 Å². The quantitative estimate of drug-likeness (QED) is 0.239. The SMILES string of the molecule is CCN(CCCOC1CCCCO1)C(=O)c1c(NC=O)nc(-c2ncc(Br)nc2C)n1Cc1ccc(F)cc1. The number of aromatic nitrogens is 4. The standard InChI is InChI=1S/C27H32BrFN6O4/c1-3-34(12-6-14-39-22-7-4-5-13-38-22)27(37)24-25(31-17-36)33-26(23-18(2)32-21(28)15-30-23)35(24)16-19-8-10-20(29)11-9-19/h8-11,15,17,22H,3-7,12-14,16H2,1-2H3,(H,31,36). The van der Waals surface area contributed by atoms with Crippen molar-refractivity contribution in [2.24, 2.45) is 0 Å². The zero-order valence-corrected chi connectivity index (χ0v) is 23.6. The zero-order chi connectivity index (χ0) is 27.8. The molecule has 0 spiro atoms. The number of aryl methyl sites for hydroxylation is 1. The van der Waals surface area contributed by atoms with E-state index in [1.54, 1.807) is 34.7 Å². The van der Waals surface area contributed by atoms with Crippen molar-refractivity contribution in [2.75, 3.05) is 31.6 Å². The maximum Gasteiger partial charge on any atom is 0.274 e. The molecular formula is C27H32BrFN6O4. The van der Waals surface area contributed by atoms with Crippen molar-refractivity contribution < 1.29 is 23.5 Å². The molecule has 39 heavy (non-hydrogen) atoms. The van der Waals surface area contributed by atoms with Crippen LogP contribution in [-0.2, 0) is 20.8 Å². The minimum Gasteiger partial charge on any atom is -0.353 e. The number of rotatable bonds is 12. The number of nitrogens with one attached hydrogen (secondary N) is 1. The Labute approximate surface area is 235 Å². The maximum atomic E-state index is 14.0. The molecule has 1 aliphatic rings. The predicted octanol–water partition coefficient (Wildman–Crippen LogP) is 4.56. The lowest BCUT2D eigenvalue weighted by atomic mass is 10.2. The summed E-state index contributed by atoms with van der Waals surface area (Å²) in [4.78, 5) is 40.7. The first-order valence-electron chi connectivity index (χ1n) is 13.0. The Morgan fingerprint density at radius 1 is 1.31 bits per heavy atom. The van der Waals surface area contributed by atoms with Gasteiger partial charge in [0.15, 0.2) is 23.6 Å². The highest BCUT2D eigenvalue weighted by molar-refractivity contribution is 9.10. The molecule has 10 nitrogen and oxygen atoms in total. The summed E-state index contributed by atoms with van der Waals surface area (Å²) < 4.78 is 27.3. The molecule has 3 aromatic rings. The van der Waals surface area contributed by atoms with Crippen LogP contribution in [0.2, 0.25) is 0 Å². The van der Waals surface area contributed by atoms with Crippen LogP contribution in [0.4, 0.5) is 10.2 Å². The van der Waals surface area contributed by atoms with Crippen molar-refractivity contribution in [2.45, 2.75) is 52.4 Å². The molecule has 1 N–H and O–H groups in total. The van der Waals surface area contributed by atoms with Crippen molar-refractivity contribution >= 4 is 34.1 Å². The van der Waals surface area contributed by atoms with Crippen molar-refractivity contribution in [3.8, 4) is 11.5 Å². The molecule has 1 aliphatic heterocycles. The van der Waals surface area contributed by atoms with Crippen LogP contribution >= 0.6 is 15.9 Å². The van der Waals surface area contributed by atoms with Crippen LogP contribution in [0.5, 0.6) is 0 Å². The number of hydrogen-bond donors (Lipinski definition) is 1. The van der Waals surface area contributed by atoms with Gasteiger partial charge in [0.05, 0.1) is 18.5 Å². The Kier molecular flexibility index (Phi) is 10.1. The van der Waals surface area contributed by atoms with Crippen molar-refractivity contribution in [1.82, 2.24) is 24.4 Å². The summed E-state index contributed by atoms with van der Waals surface area (Å²) in [6.07, 6.45) is 5.46. The molecule has 0 saturated carbocycles. The Balaban J connectivity index is 1.66. The number of halogens is 2. The van der Waals surface area contributed by atoms with Crippen molar-refractivity contribution in [3.63, 3.8) is 0 Å². The number of amides is 2. The highest BCUT2D eigenvalue weighted by atomic mass is 79.9. The van der Waals surface area contributed by atoms with Gasteiger partial charge in [-0.2, -0.15) is 0 Å². The number of nitrogens with zero attached hydrogens (tertiary/aromatic N) is 5. The van der Waals surface area contributed by atoms with E-state index in [9.17, 15) is 14.0 Å². The Morgan fingerprint density at radius 2 is 2.10 bits per heavy atom. The number of carbonyl (C=O) groups excluding carboxylic acids is 2. The first kappa shape index (κ1) is 28.8. The van der Waals surface area contributed by atoms with Gasteiger partial charge >= 0.3 is 0 Å². The highest BCUT2D eigenvalue weighted by Crippen LogP contribution is 2.29. The molecule has 208 valence electrons. The first-order chi connectivity index (χ1) is 18.9. The van der Waals surface area contributed by atoms with E-state index in [4.69, 9.17) is 9.47 Å². The van der Waals surface area contributed by atoms with Crippen LogP contribution in [0, 0.1) is 12.7 Å². The van der Waals surface area contributed by atoms with Gasteiger partial charge in [-0.3, -0.25) is 9.59 Å². The fraction of sp³-hybridized carbons (Fsp3) is 0.444. The summed E-state index contributed by atoms with van der Waals surface area (Å²) in [5.41, 5.74) is 1.98. The van der Waals surface area contributed by atoms with Gasteiger partial charge < -0.3 is 24.3 Å². The van der Waals surface area contributed by atoms with Crippen LogP contribution in [-0.4, -0.2) is 69.3 Å². The third kappa shape index (κ3) is 7.25. The Bertz CT molecular complexity index is 1280. The lowest BCUT2D eigenvalue weighted by Gasteiger charge is -2.25. The minimum atomic E-state index is -0.364. The second-order valence-corrected chi connectivity index (χ2v) is 9.95. The molecule has 0 aliphatic carbocycles. The fourth-order valence-electron chi connectivity index (χ4n) is 4.47. The molecule has 2 amide bonds. The predicted molar refractivity (Wildman–Crippen MR) is 147 cm³/mol. The summed E-state index contributed by atoms with van der Waals surface area (Å²) in [5, 5.41) is 2.58. The molecule has 3 heterocycles. The second-order valence-electron chi connectivity index (χ2n) is 9.14. The van der Waals surface area contributed by atoms with Crippen LogP contribution in [0.25, 0.3) is 11.5 Å². The lowest BCUT2D eigenvalue weighted by Crippen LogP contribution is -2.35. The Hall–Kier alpha value is -3.22. The van der Waals surface area contributed by atoms with Gasteiger partial charge in [-0.15, -0.1) is 0 Å². The summed E-state index contributed by atoms with van der Waals surface area (Å²) in [5.74, 6) is -0.198. The molecule has 1 fully saturated rings. The van der Waals surface area contributed by atoms with E-state index in [2.05, 4.69) is 36.2 Å². The second kappa shape index (κ2) is 13.7. The molecule has 2 aromatic heterocycles. The monoisotopic (exact) mass is 602 g/mol. The average molecular weight is 603 g/mol. The molecular weight excluding hydrogens is 571 g/mol. The molecule has 12 heteroatoms. The van der Waals surface area contributed by atoms with E-state index in [1.165, 1.54) is 12.1 Å². The number of imidazole rings is 1. The molecule has 1 atom stereocenters. The zero-order valence-electron chi connectivity index (χ0n) is 22.0. The van der Waals surface area contributed by atoms with E-state index < -0.39 is 0 Å². The number of benzene rings is 1. The van der Waals surface area contributed by atoms with Crippen LogP contribution < -0.4 is 5.32 Å². The molecule has 4 rings (SSSR count). The van der Waals surface area contributed by atoms with Crippen LogP contribution in [0.1, 0.15) is 54.4 Å². The van der Waals surface area contributed by atoms with E-state index >= 15 is 0 Å². The number of ether oxygens (including phenoxy) is 2.